The first-order valence-electron chi connectivity index (χ1n) is 8.35. The van der Waals surface area contributed by atoms with E-state index >= 15 is 0 Å². The van der Waals surface area contributed by atoms with Crippen LogP contribution in [0.25, 0.3) is 0 Å². The zero-order valence-electron chi connectivity index (χ0n) is 15.0. The molecule has 0 saturated heterocycles. The second-order valence-corrected chi connectivity index (χ2v) is 7.46. The number of esters is 1. The highest BCUT2D eigenvalue weighted by atomic mass is 16.6. The van der Waals surface area contributed by atoms with E-state index in [4.69, 9.17) is 19.9 Å². The number of pyridine rings is 1. The van der Waals surface area contributed by atoms with Gasteiger partial charge in [0.05, 0.1) is 23.9 Å². The van der Waals surface area contributed by atoms with Crippen LogP contribution in [0.1, 0.15) is 46.5 Å². The summed E-state index contributed by atoms with van der Waals surface area (Å²) < 4.78 is 16.8. The Morgan fingerprint density at radius 2 is 2.00 bits per heavy atom. The molecule has 1 aliphatic rings. The number of anilines is 1. The third kappa shape index (κ3) is 4.84. The van der Waals surface area contributed by atoms with Crippen LogP contribution in [0.2, 0.25) is 0 Å². The highest BCUT2D eigenvalue weighted by Crippen LogP contribution is 2.40. The minimum absolute atomic E-state index is 0.0357. The molecule has 2 rings (SSSR count). The van der Waals surface area contributed by atoms with Crippen LogP contribution in [0.15, 0.2) is 18.3 Å². The van der Waals surface area contributed by atoms with Gasteiger partial charge >= 0.3 is 5.97 Å². The summed E-state index contributed by atoms with van der Waals surface area (Å²) in [6.45, 7) is 6.02. The topological polar surface area (TPSA) is 83.7 Å². The van der Waals surface area contributed by atoms with Gasteiger partial charge in [-0.25, -0.2) is 4.98 Å². The molecule has 0 atom stereocenters. The number of hydrogen-bond donors (Lipinski definition) is 1. The lowest BCUT2D eigenvalue weighted by Gasteiger charge is -2.39. The molecule has 6 nitrogen and oxygen atoms in total. The van der Waals surface area contributed by atoms with Crippen molar-refractivity contribution >= 4 is 11.7 Å². The van der Waals surface area contributed by atoms with E-state index in [0.717, 1.165) is 12.8 Å². The van der Waals surface area contributed by atoms with Gasteiger partial charge in [0.15, 0.2) is 0 Å². The van der Waals surface area contributed by atoms with Crippen molar-refractivity contribution in [3.63, 3.8) is 0 Å². The third-order valence-corrected chi connectivity index (χ3v) is 4.19. The fraction of sp³-hybridized carbons (Fsp3) is 0.667. The van der Waals surface area contributed by atoms with Crippen LogP contribution >= 0.6 is 0 Å². The Morgan fingerprint density at radius 3 is 2.50 bits per heavy atom. The Bertz CT molecular complexity index is 543. The lowest BCUT2D eigenvalue weighted by atomic mass is 9.73. The molecule has 134 valence electrons. The summed E-state index contributed by atoms with van der Waals surface area (Å²) in [5, 5.41) is 0. The molecule has 0 amide bonds. The molecular weight excluding hydrogens is 308 g/mol. The van der Waals surface area contributed by atoms with Crippen molar-refractivity contribution in [3.05, 3.63) is 18.3 Å². The standard InChI is InChI=1S/C18H28N2O4/c1-17(2,3)24-16(21)18(12-22-4)9-7-14(8-10-18)23-15-6-5-13(19)11-20-15/h5-6,11,14H,7-10,12,19H2,1-4H3/t14-,18-. The second kappa shape index (κ2) is 7.38. The average Bonchev–Trinajstić information content (AvgIpc) is 2.50. The number of methoxy groups -OCH3 is 1. The zero-order valence-corrected chi connectivity index (χ0v) is 15.0. The average molecular weight is 336 g/mol. The Labute approximate surface area is 143 Å². The van der Waals surface area contributed by atoms with E-state index in [1.165, 1.54) is 0 Å². The van der Waals surface area contributed by atoms with Crippen molar-refractivity contribution in [2.75, 3.05) is 19.5 Å². The molecular formula is C18H28N2O4. The van der Waals surface area contributed by atoms with Gasteiger partial charge in [-0.05, 0) is 52.5 Å². The lowest BCUT2D eigenvalue weighted by Crippen LogP contribution is -2.45. The first-order valence-corrected chi connectivity index (χ1v) is 8.35. The van der Waals surface area contributed by atoms with Crippen molar-refractivity contribution < 1.29 is 19.0 Å². The number of aromatic nitrogens is 1. The normalized spacial score (nSPS) is 24.4. The van der Waals surface area contributed by atoms with Crippen LogP contribution in [-0.2, 0) is 14.3 Å². The van der Waals surface area contributed by atoms with Gasteiger partial charge in [-0.2, -0.15) is 0 Å². The maximum absolute atomic E-state index is 12.7. The van der Waals surface area contributed by atoms with E-state index in [0.29, 0.717) is 31.0 Å². The van der Waals surface area contributed by atoms with Crippen LogP contribution < -0.4 is 10.5 Å². The molecule has 1 aromatic rings. The Morgan fingerprint density at radius 1 is 1.33 bits per heavy atom. The van der Waals surface area contributed by atoms with Gasteiger partial charge < -0.3 is 19.9 Å². The maximum atomic E-state index is 12.7. The molecule has 1 aliphatic carbocycles. The number of rotatable bonds is 5. The molecule has 0 aliphatic heterocycles. The summed E-state index contributed by atoms with van der Waals surface area (Å²) in [7, 11) is 1.62. The van der Waals surface area contributed by atoms with Crippen LogP contribution in [-0.4, -0.2) is 36.4 Å². The molecule has 0 radical (unpaired) electrons. The first kappa shape index (κ1) is 18.5. The molecule has 0 spiro atoms. The monoisotopic (exact) mass is 336 g/mol. The number of nitrogens with zero attached hydrogens (tertiary/aromatic N) is 1. The Kier molecular flexibility index (Phi) is 5.70. The minimum Gasteiger partial charge on any atom is -0.474 e. The first-order chi connectivity index (χ1) is 11.2. The molecule has 6 heteroatoms. The van der Waals surface area contributed by atoms with Gasteiger partial charge in [-0.15, -0.1) is 0 Å². The maximum Gasteiger partial charge on any atom is 0.314 e. The molecule has 1 fully saturated rings. The van der Waals surface area contributed by atoms with E-state index in [9.17, 15) is 4.79 Å². The Hall–Kier alpha value is -1.82. The van der Waals surface area contributed by atoms with Crippen LogP contribution in [0, 0.1) is 5.41 Å². The SMILES string of the molecule is COC[C@]1(C(=O)OC(C)(C)C)CC[C@H](Oc2ccc(N)cn2)CC1. The van der Waals surface area contributed by atoms with Crippen molar-refractivity contribution in [1.29, 1.82) is 0 Å². The quantitative estimate of drug-likeness (QED) is 0.832. The predicted molar refractivity (Wildman–Crippen MR) is 91.7 cm³/mol. The molecule has 0 aromatic carbocycles. The van der Waals surface area contributed by atoms with E-state index in [-0.39, 0.29) is 12.1 Å². The summed E-state index contributed by atoms with van der Waals surface area (Å²) in [5.74, 6) is 0.381. The predicted octanol–water partition coefficient (Wildman–Crippen LogP) is 2.96. The van der Waals surface area contributed by atoms with Crippen molar-refractivity contribution in [2.45, 2.75) is 58.2 Å². The third-order valence-electron chi connectivity index (χ3n) is 4.19. The van der Waals surface area contributed by atoms with E-state index in [2.05, 4.69) is 4.98 Å². The number of nitrogens with two attached hydrogens (primary N) is 1. The largest absolute Gasteiger partial charge is 0.474 e. The molecule has 2 N–H and O–H groups in total. The van der Waals surface area contributed by atoms with Gasteiger partial charge in [0.2, 0.25) is 5.88 Å². The molecule has 0 bridgehead atoms. The number of hydrogen-bond acceptors (Lipinski definition) is 6. The van der Waals surface area contributed by atoms with E-state index in [1.54, 1.807) is 25.4 Å². The minimum atomic E-state index is -0.587. The fourth-order valence-electron chi connectivity index (χ4n) is 2.96. The highest BCUT2D eigenvalue weighted by molar-refractivity contribution is 5.77. The van der Waals surface area contributed by atoms with Gasteiger partial charge in [-0.3, -0.25) is 4.79 Å². The smallest absolute Gasteiger partial charge is 0.314 e. The van der Waals surface area contributed by atoms with Crippen molar-refractivity contribution in [3.8, 4) is 5.88 Å². The van der Waals surface area contributed by atoms with Crippen molar-refractivity contribution in [1.82, 2.24) is 4.98 Å². The summed E-state index contributed by atoms with van der Waals surface area (Å²) in [4.78, 5) is 16.8. The lowest BCUT2D eigenvalue weighted by molar-refractivity contribution is -0.175. The molecule has 24 heavy (non-hydrogen) atoms. The Balaban J connectivity index is 1.98. The van der Waals surface area contributed by atoms with Gasteiger partial charge in [0.25, 0.3) is 0 Å². The summed E-state index contributed by atoms with van der Waals surface area (Å²) in [6, 6.07) is 3.53. The summed E-state index contributed by atoms with van der Waals surface area (Å²) in [5.41, 5.74) is 5.15. The van der Waals surface area contributed by atoms with Crippen LogP contribution in [0.4, 0.5) is 5.69 Å². The fourth-order valence-corrected chi connectivity index (χ4v) is 2.96. The highest BCUT2D eigenvalue weighted by Gasteiger charge is 2.45. The van der Waals surface area contributed by atoms with Gasteiger partial charge in [0.1, 0.15) is 11.7 Å². The van der Waals surface area contributed by atoms with E-state index < -0.39 is 11.0 Å². The molecule has 0 unspecified atom stereocenters. The second-order valence-electron chi connectivity index (χ2n) is 7.46. The van der Waals surface area contributed by atoms with Gasteiger partial charge in [-0.1, -0.05) is 0 Å². The number of carbonyl (C=O) groups is 1. The summed E-state index contributed by atoms with van der Waals surface area (Å²) >= 11 is 0. The number of carbonyl (C=O) groups excluding carboxylic acids is 1. The zero-order chi connectivity index (χ0) is 17.8. The van der Waals surface area contributed by atoms with Crippen molar-refractivity contribution in [2.24, 2.45) is 5.41 Å². The van der Waals surface area contributed by atoms with E-state index in [1.807, 2.05) is 20.8 Å². The number of nitrogen functional groups attached to an aromatic ring is 1. The van der Waals surface area contributed by atoms with Gasteiger partial charge in [0, 0.05) is 13.2 Å². The summed E-state index contributed by atoms with van der Waals surface area (Å²) in [6.07, 6.45) is 4.48. The van der Waals surface area contributed by atoms with Crippen LogP contribution in [0.3, 0.4) is 0 Å². The number of ether oxygens (including phenoxy) is 3. The molecule has 1 aromatic heterocycles. The van der Waals surface area contributed by atoms with Crippen LogP contribution in [0.5, 0.6) is 5.88 Å². The molecule has 1 saturated carbocycles. The molecule has 1 heterocycles.